The minimum atomic E-state index is -0.130. The van der Waals surface area contributed by atoms with Crippen LogP contribution in [0.25, 0.3) is 0 Å². The standard InChI is InChI=1S/C15H17N3O/c1-18(2)14-9-3-11(4-10-14)15(19)17-13-7-5-12(16)6-8-13/h3-10H,16H2,1-2H3,(H,17,19). The van der Waals surface area contributed by atoms with Gasteiger partial charge in [0.2, 0.25) is 0 Å². The molecule has 0 aliphatic rings. The molecular weight excluding hydrogens is 238 g/mol. The zero-order valence-corrected chi connectivity index (χ0v) is 11.1. The highest BCUT2D eigenvalue weighted by molar-refractivity contribution is 6.04. The number of anilines is 3. The van der Waals surface area contributed by atoms with E-state index in [1.165, 1.54) is 0 Å². The Morgan fingerprint density at radius 3 is 2.11 bits per heavy atom. The maximum absolute atomic E-state index is 12.0. The number of amides is 1. The molecule has 4 heteroatoms. The Morgan fingerprint density at radius 1 is 1.00 bits per heavy atom. The number of carbonyl (C=O) groups is 1. The number of nitrogens with zero attached hydrogens (tertiary/aromatic N) is 1. The first-order valence-electron chi connectivity index (χ1n) is 6.00. The van der Waals surface area contributed by atoms with Crippen LogP contribution in [0.5, 0.6) is 0 Å². The number of nitrogen functional groups attached to an aromatic ring is 1. The molecule has 0 unspecified atom stereocenters. The molecule has 1 amide bonds. The maximum Gasteiger partial charge on any atom is 0.255 e. The number of nitrogens with one attached hydrogen (secondary N) is 1. The Balaban J connectivity index is 2.09. The lowest BCUT2D eigenvalue weighted by atomic mass is 10.2. The van der Waals surface area contributed by atoms with Gasteiger partial charge in [0.1, 0.15) is 0 Å². The molecule has 2 aromatic carbocycles. The number of carbonyl (C=O) groups excluding carboxylic acids is 1. The van der Waals surface area contributed by atoms with E-state index in [0.717, 1.165) is 11.4 Å². The molecule has 0 aliphatic carbocycles. The van der Waals surface area contributed by atoms with Crippen molar-refractivity contribution in [3.8, 4) is 0 Å². The second kappa shape index (κ2) is 5.44. The fourth-order valence-electron chi connectivity index (χ4n) is 1.68. The lowest BCUT2D eigenvalue weighted by Crippen LogP contribution is -2.13. The van der Waals surface area contributed by atoms with Crippen LogP contribution in [-0.4, -0.2) is 20.0 Å². The third kappa shape index (κ3) is 3.25. The molecule has 0 aromatic heterocycles. The van der Waals surface area contributed by atoms with Gasteiger partial charge >= 0.3 is 0 Å². The minimum Gasteiger partial charge on any atom is -0.399 e. The lowest BCUT2D eigenvalue weighted by Gasteiger charge is -2.12. The number of benzene rings is 2. The van der Waals surface area contributed by atoms with Gasteiger partial charge in [-0.1, -0.05) is 0 Å². The first kappa shape index (κ1) is 13.0. The molecule has 0 spiro atoms. The Hall–Kier alpha value is -2.49. The zero-order chi connectivity index (χ0) is 13.8. The molecule has 19 heavy (non-hydrogen) atoms. The smallest absolute Gasteiger partial charge is 0.255 e. The maximum atomic E-state index is 12.0. The van der Waals surface area contributed by atoms with Crippen LogP contribution >= 0.6 is 0 Å². The van der Waals surface area contributed by atoms with Crippen LogP contribution in [0.4, 0.5) is 17.1 Å². The monoisotopic (exact) mass is 255 g/mol. The van der Waals surface area contributed by atoms with Gasteiger partial charge in [-0.2, -0.15) is 0 Å². The molecule has 2 aromatic rings. The summed E-state index contributed by atoms with van der Waals surface area (Å²) in [5, 5.41) is 2.83. The molecule has 3 N–H and O–H groups in total. The molecule has 0 aliphatic heterocycles. The summed E-state index contributed by atoms with van der Waals surface area (Å²) in [5.41, 5.74) is 8.69. The van der Waals surface area contributed by atoms with Gasteiger partial charge in [-0.05, 0) is 48.5 Å². The van der Waals surface area contributed by atoms with Gasteiger partial charge < -0.3 is 16.0 Å². The highest BCUT2D eigenvalue weighted by Gasteiger charge is 2.06. The normalized spacial score (nSPS) is 10.0. The average molecular weight is 255 g/mol. The summed E-state index contributed by atoms with van der Waals surface area (Å²) in [7, 11) is 3.92. The summed E-state index contributed by atoms with van der Waals surface area (Å²) in [6, 6.07) is 14.5. The Kier molecular flexibility index (Phi) is 3.71. The van der Waals surface area contributed by atoms with Crippen molar-refractivity contribution in [2.45, 2.75) is 0 Å². The van der Waals surface area contributed by atoms with Crippen molar-refractivity contribution < 1.29 is 4.79 Å². The van der Waals surface area contributed by atoms with Crippen LogP contribution < -0.4 is 16.0 Å². The number of hydrogen-bond acceptors (Lipinski definition) is 3. The average Bonchev–Trinajstić information content (AvgIpc) is 2.41. The van der Waals surface area contributed by atoms with E-state index in [2.05, 4.69) is 5.32 Å². The van der Waals surface area contributed by atoms with Crippen LogP contribution in [0.15, 0.2) is 48.5 Å². The highest BCUT2D eigenvalue weighted by Crippen LogP contribution is 2.15. The van der Waals surface area contributed by atoms with Crippen LogP contribution in [0.2, 0.25) is 0 Å². The van der Waals surface area contributed by atoms with Crippen LogP contribution in [0.3, 0.4) is 0 Å². The van der Waals surface area contributed by atoms with E-state index in [1.807, 2.05) is 43.3 Å². The summed E-state index contributed by atoms with van der Waals surface area (Å²) in [4.78, 5) is 14.0. The number of nitrogens with two attached hydrogens (primary N) is 1. The van der Waals surface area contributed by atoms with Crippen molar-refractivity contribution in [2.24, 2.45) is 0 Å². The quantitative estimate of drug-likeness (QED) is 0.829. The predicted molar refractivity (Wildman–Crippen MR) is 79.6 cm³/mol. The number of rotatable bonds is 3. The van der Waals surface area contributed by atoms with Gasteiger partial charge in [0.15, 0.2) is 0 Å². The topological polar surface area (TPSA) is 58.4 Å². The fourth-order valence-corrected chi connectivity index (χ4v) is 1.68. The largest absolute Gasteiger partial charge is 0.399 e. The van der Waals surface area contributed by atoms with Crippen molar-refractivity contribution in [3.05, 3.63) is 54.1 Å². The van der Waals surface area contributed by atoms with Crippen LogP contribution in [0, 0.1) is 0 Å². The second-order valence-electron chi connectivity index (χ2n) is 4.52. The van der Waals surface area contributed by atoms with Gasteiger partial charge in [0.05, 0.1) is 0 Å². The minimum absolute atomic E-state index is 0.130. The number of hydrogen-bond donors (Lipinski definition) is 2. The molecule has 0 heterocycles. The molecule has 0 saturated carbocycles. The van der Waals surface area contributed by atoms with Crippen molar-refractivity contribution in [1.82, 2.24) is 0 Å². The second-order valence-corrected chi connectivity index (χ2v) is 4.52. The van der Waals surface area contributed by atoms with Crippen molar-refractivity contribution in [2.75, 3.05) is 30.0 Å². The molecular formula is C15H17N3O. The van der Waals surface area contributed by atoms with E-state index >= 15 is 0 Å². The molecule has 0 radical (unpaired) electrons. The zero-order valence-electron chi connectivity index (χ0n) is 11.1. The summed E-state index contributed by atoms with van der Waals surface area (Å²) in [5.74, 6) is -0.130. The molecule has 2 rings (SSSR count). The molecule has 0 atom stereocenters. The lowest BCUT2D eigenvalue weighted by molar-refractivity contribution is 0.102. The van der Waals surface area contributed by atoms with Crippen LogP contribution in [-0.2, 0) is 0 Å². The highest BCUT2D eigenvalue weighted by atomic mass is 16.1. The summed E-state index contributed by atoms with van der Waals surface area (Å²) >= 11 is 0. The van der Waals surface area contributed by atoms with Gasteiger partial charge in [-0.15, -0.1) is 0 Å². The summed E-state index contributed by atoms with van der Waals surface area (Å²) in [6.45, 7) is 0. The SMILES string of the molecule is CN(C)c1ccc(C(=O)Nc2ccc(N)cc2)cc1. The van der Waals surface area contributed by atoms with Crippen molar-refractivity contribution >= 4 is 23.0 Å². The third-order valence-corrected chi connectivity index (χ3v) is 2.81. The van der Waals surface area contributed by atoms with E-state index in [1.54, 1.807) is 24.3 Å². The van der Waals surface area contributed by atoms with E-state index in [9.17, 15) is 4.79 Å². The Morgan fingerprint density at radius 2 is 1.58 bits per heavy atom. The molecule has 4 nitrogen and oxygen atoms in total. The predicted octanol–water partition coefficient (Wildman–Crippen LogP) is 2.59. The van der Waals surface area contributed by atoms with E-state index < -0.39 is 0 Å². The fraction of sp³-hybridized carbons (Fsp3) is 0.133. The molecule has 0 bridgehead atoms. The van der Waals surface area contributed by atoms with E-state index in [-0.39, 0.29) is 5.91 Å². The van der Waals surface area contributed by atoms with E-state index in [0.29, 0.717) is 11.3 Å². The molecule has 0 saturated heterocycles. The van der Waals surface area contributed by atoms with Crippen LogP contribution in [0.1, 0.15) is 10.4 Å². The Bertz CT molecular complexity index is 559. The van der Waals surface area contributed by atoms with Gasteiger partial charge in [-0.3, -0.25) is 4.79 Å². The first-order chi connectivity index (χ1) is 9.06. The van der Waals surface area contributed by atoms with Gasteiger partial charge in [0, 0.05) is 36.7 Å². The summed E-state index contributed by atoms with van der Waals surface area (Å²) < 4.78 is 0. The van der Waals surface area contributed by atoms with Gasteiger partial charge in [0.25, 0.3) is 5.91 Å². The summed E-state index contributed by atoms with van der Waals surface area (Å²) in [6.07, 6.45) is 0. The first-order valence-corrected chi connectivity index (χ1v) is 6.00. The Labute approximate surface area is 112 Å². The van der Waals surface area contributed by atoms with Crippen molar-refractivity contribution in [1.29, 1.82) is 0 Å². The van der Waals surface area contributed by atoms with Gasteiger partial charge in [-0.25, -0.2) is 0 Å². The van der Waals surface area contributed by atoms with E-state index in [4.69, 9.17) is 5.73 Å². The molecule has 98 valence electrons. The molecule has 0 fully saturated rings. The van der Waals surface area contributed by atoms with Crippen molar-refractivity contribution in [3.63, 3.8) is 0 Å². The third-order valence-electron chi connectivity index (χ3n) is 2.81.